The van der Waals surface area contributed by atoms with Crippen molar-refractivity contribution in [3.63, 3.8) is 0 Å². The van der Waals surface area contributed by atoms with Crippen LogP contribution < -0.4 is 14.9 Å². The van der Waals surface area contributed by atoms with E-state index in [1.54, 1.807) is 6.21 Å². The molecule has 2 aromatic carbocycles. The minimum Gasteiger partial charge on any atom is -0.490 e. The number of ether oxygens (including phenoxy) is 2. The van der Waals surface area contributed by atoms with E-state index >= 15 is 0 Å². The normalized spacial score (nSPS) is 12.0. The van der Waals surface area contributed by atoms with Gasteiger partial charge in [-0.15, -0.1) is 10.2 Å². The van der Waals surface area contributed by atoms with Crippen molar-refractivity contribution in [2.75, 3.05) is 19.0 Å². The zero-order chi connectivity index (χ0) is 23.5. The van der Waals surface area contributed by atoms with E-state index in [0.717, 1.165) is 27.1 Å². The average molecular weight is 485 g/mol. The summed E-state index contributed by atoms with van der Waals surface area (Å²) in [5.74, 6) is 2.13. The SMILES string of the molecule is CCC(C)c1ccc(OCCOc2cccc(/C=N/NC(=O)CSc3nnc(C)s3)c2)cc1. The third kappa shape index (κ3) is 8.51. The van der Waals surface area contributed by atoms with Crippen LogP contribution in [0.1, 0.15) is 42.3 Å². The Kier molecular flexibility index (Phi) is 9.71. The quantitative estimate of drug-likeness (QED) is 0.167. The molecule has 0 saturated heterocycles. The lowest BCUT2D eigenvalue weighted by Gasteiger charge is -2.11. The fourth-order valence-electron chi connectivity index (χ4n) is 2.81. The van der Waals surface area contributed by atoms with Crippen LogP contribution in [-0.4, -0.2) is 41.3 Å². The standard InChI is InChI=1S/C24H28N4O3S2/c1-4-17(2)20-8-10-21(11-9-20)30-12-13-31-22-7-5-6-19(14-22)15-25-27-23(29)16-32-24-28-26-18(3)33-24/h5-11,14-15,17H,4,12-13,16H2,1-3H3,(H,27,29)/b25-15+. The van der Waals surface area contributed by atoms with Gasteiger partial charge < -0.3 is 9.47 Å². The Hall–Kier alpha value is -2.91. The zero-order valence-electron chi connectivity index (χ0n) is 19.0. The van der Waals surface area contributed by atoms with Gasteiger partial charge in [-0.1, -0.05) is 61.2 Å². The number of hydrogen-bond donors (Lipinski definition) is 1. The van der Waals surface area contributed by atoms with E-state index in [9.17, 15) is 4.79 Å². The summed E-state index contributed by atoms with van der Waals surface area (Å²) in [4.78, 5) is 11.9. The van der Waals surface area contributed by atoms with E-state index in [2.05, 4.69) is 46.7 Å². The summed E-state index contributed by atoms with van der Waals surface area (Å²) in [7, 11) is 0. The first-order chi connectivity index (χ1) is 16.0. The Morgan fingerprint density at radius 3 is 2.61 bits per heavy atom. The number of rotatable bonds is 12. The smallest absolute Gasteiger partial charge is 0.250 e. The van der Waals surface area contributed by atoms with Crippen molar-refractivity contribution in [2.24, 2.45) is 5.10 Å². The van der Waals surface area contributed by atoms with Gasteiger partial charge in [0.05, 0.1) is 12.0 Å². The molecule has 174 valence electrons. The van der Waals surface area contributed by atoms with Crippen LogP contribution in [0.4, 0.5) is 0 Å². The molecular weight excluding hydrogens is 456 g/mol. The molecule has 3 rings (SSSR count). The van der Waals surface area contributed by atoms with E-state index in [1.165, 1.54) is 28.7 Å². The van der Waals surface area contributed by atoms with Crippen molar-refractivity contribution in [1.82, 2.24) is 15.6 Å². The molecule has 1 atom stereocenters. The first-order valence-electron chi connectivity index (χ1n) is 10.7. The Morgan fingerprint density at radius 2 is 1.91 bits per heavy atom. The van der Waals surface area contributed by atoms with Crippen LogP contribution in [0, 0.1) is 6.92 Å². The highest BCUT2D eigenvalue weighted by molar-refractivity contribution is 8.01. The van der Waals surface area contributed by atoms with E-state index in [1.807, 2.05) is 43.3 Å². The monoisotopic (exact) mass is 484 g/mol. The number of hydrogen-bond acceptors (Lipinski definition) is 8. The molecule has 1 N–H and O–H groups in total. The summed E-state index contributed by atoms with van der Waals surface area (Å²) in [5, 5.41) is 12.8. The average Bonchev–Trinajstić information content (AvgIpc) is 3.26. The van der Waals surface area contributed by atoms with E-state index < -0.39 is 0 Å². The molecule has 0 spiro atoms. The highest BCUT2D eigenvalue weighted by Crippen LogP contribution is 2.22. The lowest BCUT2D eigenvalue weighted by atomic mass is 9.99. The summed E-state index contributed by atoms with van der Waals surface area (Å²) < 4.78 is 12.3. The molecule has 0 aliphatic heterocycles. The molecule has 9 heteroatoms. The van der Waals surface area contributed by atoms with Crippen molar-refractivity contribution < 1.29 is 14.3 Å². The number of nitrogens with one attached hydrogen (secondary N) is 1. The van der Waals surface area contributed by atoms with Gasteiger partial charge in [-0.3, -0.25) is 4.79 Å². The highest BCUT2D eigenvalue weighted by atomic mass is 32.2. The van der Waals surface area contributed by atoms with Gasteiger partial charge in [0, 0.05) is 0 Å². The number of thioether (sulfide) groups is 1. The Labute approximate surface area is 202 Å². The minimum atomic E-state index is -0.203. The maximum atomic E-state index is 11.9. The fraction of sp³-hybridized carbons (Fsp3) is 0.333. The number of benzene rings is 2. The molecule has 0 bridgehead atoms. The van der Waals surface area contributed by atoms with E-state index in [4.69, 9.17) is 9.47 Å². The van der Waals surface area contributed by atoms with Crippen LogP contribution in [-0.2, 0) is 4.79 Å². The van der Waals surface area contributed by atoms with Gasteiger partial charge in [-0.25, -0.2) is 5.43 Å². The lowest BCUT2D eigenvalue weighted by Crippen LogP contribution is -2.19. The fourth-order valence-corrected chi connectivity index (χ4v) is 4.42. The first kappa shape index (κ1) is 24.7. The molecule has 3 aromatic rings. The van der Waals surface area contributed by atoms with Gasteiger partial charge in [0.2, 0.25) is 0 Å². The third-order valence-corrected chi connectivity index (χ3v) is 6.75. The number of hydrazone groups is 1. The Balaban J connectivity index is 1.37. The maximum Gasteiger partial charge on any atom is 0.250 e. The molecule has 7 nitrogen and oxygen atoms in total. The van der Waals surface area contributed by atoms with Gasteiger partial charge in [0.25, 0.3) is 5.91 Å². The molecular formula is C24H28N4O3S2. The second-order valence-electron chi connectivity index (χ2n) is 7.32. The Bertz CT molecular complexity index is 1050. The van der Waals surface area contributed by atoms with Crippen LogP contribution in [0.2, 0.25) is 0 Å². The van der Waals surface area contributed by atoms with Crippen molar-refractivity contribution in [3.8, 4) is 11.5 Å². The molecule has 1 unspecified atom stereocenters. The molecule has 0 radical (unpaired) electrons. The van der Waals surface area contributed by atoms with Crippen LogP contribution >= 0.6 is 23.1 Å². The summed E-state index contributed by atoms with van der Waals surface area (Å²) >= 11 is 2.80. The van der Waals surface area contributed by atoms with Crippen molar-refractivity contribution in [3.05, 3.63) is 64.7 Å². The molecule has 1 amide bonds. The number of aryl methyl sites for hydroxylation is 1. The van der Waals surface area contributed by atoms with Gasteiger partial charge in [-0.05, 0) is 54.7 Å². The minimum absolute atomic E-state index is 0.203. The van der Waals surface area contributed by atoms with Gasteiger partial charge in [-0.2, -0.15) is 5.10 Å². The molecule has 0 aliphatic carbocycles. The third-order valence-electron chi connectivity index (χ3n) is 4.78. The van der Waals surface area contributed by atoms with Crippen molar-refractivity contribution in [1.29, 1.82) is 0 Å². The second-order valence-corrected chi connectivity index (χ2v) is 9.72. The van der Waals surface area contributed by atoms with Crippen molar-refractivity contribution in [2.45, 2.75) is 37.4 Å². The van der Waals surface area contributed by atoms with Crippen LogP contribution in [0.25, 0.3) is 0 Å². The predicted molar refractivity (Wildman–Crippen MR) is 134 cm³/mol. The summed E-state index contributed by atoms with van der Waals surface area (Å²) in [5.41, 5.74) is 4.66. The van der Waals surface area contributed by atoms with E-state index in [0.29, 0.717) is 24.9 Å². The molecule has 0 fully saturated rings. The molecule has 0 aliphatic rings. The van der Waals surface area contributed by atoms with E-state index in [-0.39, 0.29) is 11.7 Å². The van der Waals surface area contributed by atoms with Crippen LogP contribution in [0.15, 0.2) is 58.0 Å². The van der Waals surface area contributed by atoms with Gasteiger partial charge in [0.1, 0.15) is 29.7 Å². The second kappa shape index (κ2) is 13.0. The molecule has 1 heterocycles. The molecule has 1 aromatic heterocycles. The summed E-state index contributed by atoms with van der Waals surface area (Å²) in [6.45, 7) is 7.16. The highest BCUT2D eigenvalue weighted by Gasteiger charge is 2.06. The lowest BCUT2D eigenvalue weighted by molar-refractivity contribution is -0.118. The summed E-state index contributed by atoms with van der Waals surface area (Å²) in [6, 6.07) is 15.7. The number of nitrogens with zero attached hydrogens (tertiary/aromatic N) is 3. The largest absolute Gasteiger partial charge is 0.490 e. The topological polar surface area (TPSA) is 85.7 Å². The Morgan fingerprint density at radius 1 is 1.15 bits per heavy atom. The maximum absolute atomic E-state index is 11.9. The number of carbonyl (C=O) groups excluding carboxylic acids is 1. The summed E-state index contributed by atoms with van der Waals surface area (Å²) in [6.07, 6.45) is 2.70. The van der Waals surface area contributed by atoms with Gasteiger partial charge in [0.15, 0.2) is 4.34 Å². The first-order valence-corrected chi connectivity index (χ1v) is 12.5. The number of aromatic nitrogens is 2. The van der Waals surface area contributed by atoms with Crippen LogP contribution in [0.3, 0.4) is 0 Å². The van der Waals surface area contributed by atoms with Gasteiger partial charge >= 0.3 is 0 Å². The number of carbonyl (C=O) groups is 1. The predicted octanol–water partition coefficient (Wildman–Crippen LogP) is 5.06. The molecule has 0 saturated carbocycles. The zero-order valence-corrected chi connectivity index (χ0v) is 20.6. The number of amides is 1. The van der Waals surface area contributed by atoms with Crippen molar-refractivity contribution >= 4 is 35.2 Å². The van der Waals surface area contributed by atoms with Crippen LogP contribution in [0.5, 0.6) is 11.5 Å². The molecule has 33 heavy (non-hydrogen) atoms.